The molecular formula is C35H48IrNO2-. The summed E-state index contributed by atoms with van der Waals surface area (Å²) in [6.07, 6.45) is 4.21. The number of rotatable bonds is 7. The van der Waals surface area contributed by atoms with Gasteiger partial charge in [0.2, 0.25) is 0 Å². The van der Waals surface area contributed by atoms with Gasteiger partial charge in [0, 0.05) is 42.4 Å². The second-order valence-electron chi connectivity index (χ2n) is 12.0. The van der Waals surface area contributed by atoms with Crippen molar-refractivity contribution in [2.45, 2.75) is 101 Å². The van der Waals surface area contributed by atoms with Gasteiger partial charge in [0.05, 0.1) is 5.52 Å². The SMILES string of the molecule is CCC(C)(CC)/C(O)=C/C(=O)C(C)(C)C.CCC(C)c1cccc2nc(-c3[c-]c(C)cc(C)c3)c(C)cc12.[Ir]. The van der Waals surface area contributed by atoms with Crippen LogP contribution in [-0.4, -0.2) is 15.9 Å². The number of aliphatic hydroxyl groups is 1. The Kier molecular flexibility index (Phi) is 12.8. The van der Waals surface area contributed by atoms with Crippen LogP contribution in [0.15, 0.2) is 48.2 Å². The molecule has 1 radical (unpaired) electrons. The number of aromatic nitrogens is 1. The number of hydrogen-bond acceptors (Lipinski definition) is 3. The zero-order valence-electron chi connectivity index (χ0n) is 25.9. The van der Waals surface area contributed by atoms with Crippen molar-refractivity contribution in [2.24, 2.45) is 10.8 Å². The van der Waals surface area contributed by atoms with Gasteiger partial charge in [-0.15, -0.1) is 34.9 Å². The van der Waals surface area contributed by atoms with Gasteiger partial charge in [-0.2, -0.15) is 0 Å². The van der Waals surface area contributed by atoms with Crippen LogP contribution in [0.4, 0.5) is 0 Å². The van der Waals surface area contributed by atoms with E-state index in [1.165, 1.54) is 28.2 Å². The fourth-order valence-electron chi connectivity index (χ4n) is 4.39. The number of fused-ring (bicyclic) bond motifs is 1. The molecule has 0 aliphatic carbocycles. The molecule has 1 heterocycles. The number of ketones is 1. The number of allylic oxidation sites excluding steroid dienone is 2. The maximum absolute atomic E-state index is 11.7. The molecule has 1 unspecified atom stereocenters. The summed E-state index contributed by atoms with van der Waals surface area (Å²) in [6, 6.07) is 16.6. The number of benzene rings is 2. The van der Waals surface area contributed by atoms with Crippen molar-refractivity contribution in [2.75, 3.05) is 0 Å². The van der Waals surface area contributed by atoms with Crippen LogP contribution in [0.3, 0.4) is 0 Å². The molecule has 0 spiro atoms. The van der Waals surface area contributed by atoms with Crippen molar-refractivity contribution in [1.82, 2.24) is 4.98 Å². The minimum absolute atomic E-state index is 0. The number of pyridine rings is 1. The Balaban J connectivity index is 0.000000418. The van der Waals surface area contributed by atoms with Crippen LogP contribution in [-0.2, 0) is 24.9 Å². The molecule has 0 aliphatic rings. The molecule has 4 heteroatoms. The summed E-state index contributed by atoms with van der Waals surface area (Å²) >= 11 is 0. The van der Waals surface area contributed by atoms with Crippen LogP contribution in [0.2, 0.25) is 0 Å². The van der Waals surface area contributed by atoms with E-state index in [2.05, 4.69) is 77.1 Å². The molecule has 3 aromatic rings. The molecule has 3 nitrogen and oxygen atoms in total. The van der Waals surface area contributed by atoms with E-state index >= 15 is 0 Å². The van der Waals surface area contributed by atoms with E-state index in [9.17, 15) is 9.90 Å². The largest absolute Gasteiger partial charge is 0.512 e. The van der Waals surface area contributed by atoms with Crippen LogP contribution >= 0.6 is 0 Å². The number of carbonyl (C=O) groups is 1. The molecule has 2 aromatic carbocycles. The van der Waals surface area contributed by atoms with Gasteiger partial charge in [-0.25, -0.2) is 0 Å². The Hall–Kier alpha value is -2.29. The molecule has 0 saturated heterocycles. The van der Waals surface area contributed by atoms with Crippen molar-refractivity contribution in [3.05, 3.63) is 76.6 Å². The molecular weight excluding hydrogens is 659 g/mol. The number of nitrogens with zero attached hydrogens (tertiary/aromatic N) is 1. The van der Waals surface area contributed by atoms with E-state index < -0.39 is 5.41 Å². The smallest absolute Gasteiger partial charge is 0.164 e. The summed E-state index contributed by atoms with van der Waals surface area (Å²) < 4.78 is 0. The minimum Gasteiger partial charge on any atom is -0.512 e. The molecule has 0 fully saturated rings. The van der Waals surface area contributed by atoms with Crippen molar-refractivity contribution < 1.29 is 30.0 Å². The predicted molar refractivity (Wildman–Crippen MR) is 163 cm³/mol. The molecule has 0 aliphatic heterocycles. The average Bonchev–Trinajstić information content (AvgIpc) is 2.86. The number of carbonyl (C=O) groups excluding carboxylic acids is 1. The summed E-state index contributed by atoms with van der Waals surface area (Å²) in [5, 5.41) is 11.2. The molecule has 1 N–H and O–H groups in total. The van der Waals surface area contributed by atoms with E-state index in [4.69, 9.17) is 4.98 Å². The van der Waals surface area contributed by atoms with E-state index in [0.717, 1.165) is 41.6 Å². The van der Waals surface area contributed by atoms with Gasteiger partial charge < -0.3 is 5.11 Å². The number of hydrogen-bond donors (Lipinski definition) is 1. The first-order chi connectivity index (χ1) is 17.7. The maximum Gasteiger partial charge on any atom is 0.164 e. The van der Waals surface area contributed by atoms with Crippen LogP contribution < -0.4 is 0 Å². The van der Waals surface area contributed by atoms with E-state index in [1.54, 1.807) is 0 Å². The predicted octanol–water partition coefficient (Wildman–Crippen LogP) is 10.0. The standard InChI is InChI=1S/C22H24N.C13H24O2.Ir/c1-6-16(4)19-8-7-9-21-20(19)13-17(5)22(23-21)18-11-14(2)10-15(3)12-18;1-7-13(6,8-2)11(15)9-10(14)12(3,4)5;/h7-11,13,16H,6H2,1-5H3;9,15H,7-8H2,1-6H3;/q-1;;/b;11-9-;. The summed E-state index contributed by atoms with van der Waals surface area (Å²) in [7, 11) is 0. The number of aliphatic hydroxyl groups excluding tert-OH is 1. The van der Waals surface area contributed by atoms with E-state index in [0.29, 0.717) is 5.92 Å². The van der Waals surface area contributed by atoms with Gasteiger partial charge in [0.1, 0.15) is 5.76 Å². The Morgan fingerprint density at radius 1 is 1.03 bits per heavy atom. The van der Waals surface area contributed by atoms with Crippen LogP contribution in [0.1, 0.15) is 103 Å². The summed E-state index contributed by atoms with van der Waals surface area (Å²) in [5.74, 6) is 0.749. The molecule has 0 amide bonds. The number of aryl methyl sites for hydroxylation is 3. The Labute approximate surface area is 250 Å². The molecule has 0 saturated carbocycles. The van der Waals surface area contributed by atoms with Crippen molar-refractivity contribution in [1.29, 1.82) is 0 Å². The monoisotopic (exact) mass is 707 g/mol. The van der Waals surface area contributed by atoms with E-state index in [-0.39, 0.29) is 37.1 Å². The molecule has 3 rings (SSSR count). The zero-order valence-corrected chi connectivity index (χ0v) is 28.3. The minimum atomic E-state index is -0.420. The third kappa shape index (κ3) is 8.85. The topological polar surface area (TPSA) is 50.2 Å². The van der Waals surface area contributed by atoms with Crippen LogP contribution in [0.25, 0.3) is 22.2 Å². The third-order valence-electron chi connectivity index (χ3n) is 7.82. The first kappa shape index (κ1) is 34.7. The maximum atomic E-state index is 11.7. The molecule has 1 aromatic heterocycles. The zero-order chi connectivity index (χ0) is 28.8. The Morgan fingerprint density at radius 2 is 1.64 bits per heavy atom. The first-order valence-corrected chi connectivity index (χ1v) is 14.0. The molecule has 39 heavy (non-hydrogen) atoms. The molecule has 215 valence electrons. The van der Waals surface area contributed by atoms with Gasteiger partial charge in [-0.3, -0.25) is 9.78 Å². The first-order valence-electron chi connectivity index (χ1n) is 14.0. The summed E-state index contributed by atoms with van der Waals surface area (Å²) in [4.78, 5) is 16.7. The van der Waals surface area contributed by atoms with E-state index in [1.807, 2.05) is 41.5 Å². The van der Waals surface area contributed by atoms with Gasteiger partial charge in [-0.05, 0) is 49.4 Å². The second kappa shape index (κ2) is 14.4. The normalized spacial score (nSPS) is 12.8. The van der Waals surface area contributed by atoms with Crippen LogP contribution in [0.5, 0.6) is 0 Å². The third-order valence-corrected chi connectivity index (χ3v) is 7.82. The Morgan fingerprint density at radius 3 is 2.15 bits per heavy atom. The van der Waals surface area contributed by atoms with Gasteiger partial charge in [0.25, 0.3) is 0 Å². The van der Waals surface area contributed by atoms with Gasteiger partial charge in [0.15, 0.2) is 5.78 Å². The van der Waals surface area contributed by atoms with Crippen molar-refractivity contribution >= 4 is 16.7 Å². The summed E-state index contributed by atoms with van der Waals surface area (Å²) in [5.41, 5.74) is 7.57. The van der Waals surface area contributed by atoms with Gasteiger partial charge in [-0.1, -0.05) is 93.0 Å². The second-order valence-corrected chi connectivity index (χ2v) is 12.0. The van der Waals surface area contributed by atoms with Crippen molar-refractivity contribution in [3.8, 4) is 11.3 Å². The summed E-state index contributed by atoms with van der Waals surface area (Å²) in [6.45, 7) is 22.5. The van der Waals surface area contributed by atoms with Crippen LogP contribution in [0, 0.1) is 37.7 Å². The fourth-order valence-corrected chi connectivity index (χ4v) is 4.39. The van der Waals surface area contributed by atoms with Gasteiger partial charge >= 0.3 is 0 Å². The quantitative estimate of drug-likeness (QED) is 0.151. The molecule has 0 bridgehead atoms. The fraction of sp³-hybridized carbons (Fsp3) is 0.486. The Bertz CT molecular complexity index is 1280. The van der Waals surface area contributed by atoms with Crippen molar-refractivity contribution in [3.63, 3.8) is 0 Å². The average molecular weight is 707 g/mol. The molecule has 1 atom stereocenters.